The molecule has 0 aromatic heterocycles. The molecule has 1 rings (SSSR count). The van der Waals surface area contributed by atoms with E-state index in [2.05, 4.69) is 5.32 Å². The first-order chi connectivity index (χ1) is 8.03. The molecule has 1 atom stereocenters. The highest BCUT2D eigenvalue weighted by molar-refractivity contribution is 5.80. The van der Waals surface area contributed by atoms with Crippen LogP contribution in [0.1, 0.15) is 19.4 Å². The van der Waals surface area contributed by atoms with Gasteiger partial charge in [-0.25, -0.2) is 4.39 Å². The maximum atomic E-state index is 13.5. The van der Waals surface area contributed by atoms with Gasteiger partial charge in [0.1, 0.15) is 11.4 Å². The zero-order chi connectivity index (χ0) is 12.9. The van der Waals surface area contributed by atoms with E-state index in [0.717, 1.165) is 0 Å². The maximum Gasteiger partial charge on any atom is 0.326 e. The van der Waals surface area contributed by atoms with Gasteiger partial charge in [-0.1, -0.05) is 25.1 Å². The zero-order valence-corrected chi connectivity index (χ0v) is 10.4. The van der Waals surface area contributed by atoms with Crippen molar-refractivity contribution in [1.82, 2.24) is 5.32 Å². The number of hydrogen-bond acceptors (Lipinski definition) is 3. The number of nitrogens with one attached hydrogen (secondary N) is 1. The maximum absolute atomic E-state index is 13.5. The summed E-state index contributed by atoms with van der Waals surface area (Å²) in [6.45, 7) is 4.22. The molecule has 0 spiro atoms. The van der Waals surface area contributed by atoms with E-state index in [4.69, 9.17) is 4.74 Å². The van der Waals surface area contributed by atoms with Gasteiger partial charge in [-0.15, -0.1) is 0 Å². The second kappa shape index (κ2) is 5.77. The van der Waals surface area contributed by atoms with E-state index in [1.807, 2.05) is 6.92 Å². The van der Waals surface area contributed by atoms with E-state index >= 15 is 0 Å². The lowest BCUT2D eigenvalue weighted by Gasteiger charge is -2.27. The Labute approximate surface area is 101 Å². The van der Waals surface area contributed by atoms with Gasteiger partial charge < -0.3 is 10.1 Å². The van der Waals surface area contributed by atoms with E-state index in [9.17, 15) is 9.18 Å². The number of carbonyl (C=O) groups excluding carboxylic acids is 1. The SMILES string of the molecule is CCNC(C)(Cc1ccccc1F)C(=O)OC. The fraction of sp³-hybridized carbons (Fsp3) is 0.462. The number of carbonyl (C=O) groups is 1. The van der Waals surface area contributed by atoms with E-state index < -0.39 is 5.54 Å². The molecule has 1 unspecified atom stereocenters. The lowest BCUT2D eigenvalue weighted by molar-refractivity contribution is -0.147. The van der Waals surface area contributed by atoms with Crippen LogP contribution in [-0.4, -0.2) is 25.2 Å². The van der Waals surface area contributed by atoms with Crippen molar-refractivity contribution in [2.24, 2.45) is 0 Å². The lowest BCUT2D eigenvalue weighted by Crippen LogP contribution is -2.52. The molecule has 1 aromatic carbocycles. The van der Waals surface area contributed by atoms with Crippen LogP contribution in [0.15, 0.2) is 24.3 Å². The number of halogens is 1. The van der Waals surface area contributed by atoms with Crippen molar-refractivity contribution in [1.29, 1.82) is 0 Å². The third-order valence-corrected chi connectivity index (χ3v) is 2.70. The summed E-state index contributed by atoms with van der Waals surface area (Å²) in [7, 11) is 1.33. The van der Waals surface area contributed by atoms with Crippen molar-refractivity contribution in [3.8, 4) is 0 Å². The highest BCUT2D eigenvalue weighted by Gasteiger charge is 2.34. The molecule has 0 heterocycles. The summed E-state index contributed by atoms with van der Waals surface area (Å²) in [5.41, 5.74) is -0.396. The van der Waals surface area contributed by atoms with Gasteiger partial charge >= 0.3 is 5.97 Å². The van der Waals surface area contributed by atoms with Gasteiger partial charge in [-0.05, 0) is 25.1 Å². The van der Waals surface area contributed by atoms with Crippen molar-refractivity contribution in [3.05, 3.63) is 35.6 Å². The monoisotopic (exact) mass is 239 g/mol. The van der Waals surface area contributed by atoms with Crippen LogP contribution >= 0.6 is 0 Å². The molecule has 4 heteroatoms. The number of hydrogen-bond donors (Lipinski definition) is 1. The predicted molar refractivity (Wildman–Crippen MR) is 64.2 cm³/mol. The van der Waals surface area contributed by atoms with Crippen LogP contribution in [0.2, 0.25) is 0 Å². The average Bonchev–Trinajstić information content (AvgIpc) is 2.31. The Hall–Kier alpha value is -1.42. The van der Waals surface area contributed by atoms with Crippen LogP contribution in [0.3, 0.4) is 0 Å². The normalized spacial score (nSPS) is 14.1. The van der Waals surface area contributed by atoms with Gasteiger partial charge in [0.25, 0.3) is 0 Å². The summed E-state index contributed by atoms with van der Waals surface area (Å²) in [4.78, 5) is 11.7. The molecule has 0 saturated heterocycles. The summed E-state index contributed by atoms with van der Waals surface area (Å²) in [6, 6.07) is 6.44. The Balaban J connectivity index is 2.94. The molecule has 0 aliphatic carbocycles. The number of likely N-dealkylation sites (N-methyl/N-ethyl adjacent to an activating group) is 1. The minimum Gasteiger partial charge on any atom is -0.468 e. The molecule has 17 heavy (non-hydrogen) atoms. The summed E-state index contributed by atoms with van der Waals surface area (Å²) in [5.74, 6) is -0.692. The molecular formula is C13H18FNO2. The molecule has 1 N–H and O–H groups in total. The van der Waals surface area contributed by atoms with Crippen molar-refractivity contribution in [2.75, 3.05) is 13.7 Å². The molecule has 0 saturated carbocycles. The van der Waals surface area contributed by atoms with Crippen molar-refractivity contribution in [3.63, 3.8) is 0 Å². The second-order valence-electron chi connectivity index (χ2n) is 4.12. The highest BCUT2D eigenvalue weighted by atomic mass is 19.1. The molecule has 0 amide bonds. The van der Waals surface area contributed by atoms with E-state index in [0.29, 0.717) is 12.1 Å². The third-order valence-electron chi connectivity index (χ3n) is 2.70. The Kier molecular flexibility index (Phi) is 4.63. The zero-order valence-electron chi connectivity index (χ0n) is 10.4. The largest absolute Gasteiger partial charge is 0.468 e. The summed E-state index contributed by atoms with van der Waals surface area (Å²) in [6.07, 6.45) is 0.264. The first-order valence-electron chi connectivity index (χ1n) is 5.60. The summed E-state index contributed by atoms with van der Waals surface area (Å²) >= 11 is 0. The van der Waals surface area contributed by atoms with Crippen LogP contribution in [-0.2, 0) is 16.0 Å². The standard InChI is InChI=1S/C13H18FNO2/c1-4-15-13(2,12(16)17-3)9-10-7-5-6-8-11(10)14/h5-8,15H,4,9H2,1-3H3. The molecule has 0 bridgehead atoms. The lowest BCUT2D eigenvalue weighted by atomic mass is 9.92. The fourth-order valence-corrected chi connectivity index (χ4v) is 1.84. The van der Waals surface area contributed by atoms with Crippen molar-refractivity contribution in [2.45, 2.75) is 25.8 Å². The second-order valence-corrected chi connectivity index (χ2v) is 4.12. The van der Waals surface area contributed by atoms with Crippen LogP contribution in [0, 0.1) is 5.82 Å². The Morgan fingerprint density at radius 2 is 2.12 bits per heavy atom. The average molecular weight is 239 g/mol. The minimum atomic E-state index is -0.897. The smallest absolute Gasteiger partial charge is 0.326 e. The van der Waals surface area contributed by atoms with Gasteiger partial charge in [0, 0.05) is 6.42 Å². The first kappa shape index (κ1) is 13.6. The Morgan fingerprint density at radius 1 is 1.47 bits per heavy atom. The van der Waals surface area contributed by atoms with Crippen molar-refractivity contribution >= 4 is 5.97 Å². The van der Waals surface area contributed by atoms with Crippen LogP contribution in [0.5, 0.6) is 0 Å². The van der Waals surface area contributed by atoms with E-state index in [-0.39, 0.29) is 18.2 Å². The number of benzene rings is 1. The quantitative estimate of drug-likeness (QED) is 0.798. The summed E-state index contributed by atoms with van der Waals surface area (Å²) < 4.78 is 18.3. The minimum absolute atomic E-state index is 0.264. The Morgan fingerprint density at radius 3 is 2.65 bits per heavy atom. The van der Waals surface area contributed by atoms with E-state index in [1.165, 1.54) is 13.2 Å². The number of rotatable bonds is 5. The predicted octanol–water partition coefficient (Wildman–Crippen LogP) is 1.91. The number of methoxy groups -OCH3 is 1. The van der Waals surface area contributed by atoms with Crippen LogP contribution in [0.25, 0.3) is 0 Å². The van der Waals surface area contributed by atoms with Crippen LogP contribution < -0.4 is 5.32 Å². The molecular weight excluding hydrogens is 221 g/mol. The van der Waals surface area contributed by atoms with Crippen molar-refractivity contribution < 1.29 is 13.9 Å². The van der Waals surface area contributed by atoms with Crippen LogP contribution in [0.4, 0.5) is 4.39 Å². The third kappa shape index (κ3) is 3.27. The molecule has 94 valence electrons. The van der Waals surface area contributed by atoms with Gasteiger partial charge in [-0.3, -0.25) is 4.79 Å². The molecule has 1 aromatic rings. The van der Waals surface area contributed by atoms with Gasteiger partial charge in [-0.2, -0.15) is 0 Å². The topological polar surface area (TPSA) is 38.3 Å². The number of esters is 1. The van der Waals surface area contributed by atoms with Gasteiger partial charge in [0.05, 0.1) is 7.11 Å². The fourth-order valence-electron chi connectivity index (χ4n) is 1.84. The molecule has 0 fully saturated rings. The van der Waals surface area contributed by atoms with Gasteiger partial charge in [0.15, 0.2) is 0 Å². The highest BCUT2D eigenvalue weighted by Crippen LogP contribution is 2.17. The first-order valence-corrected chi connectivity index (χ1v) is 5.60. The molecule has 0 aliphatic rings. The number of ether oxygens (including phenoxy) is 1. The molecule has 0 aliphatic heterocycles. The molecule has 3 nitrogen and oxygen atoms in total. The van der Waals surface area contributed by atoms with E-state index in [1.54, 1.807) is 25.1 Å². The van der Waals surface area contributed by atoms with Gasteiger partial charge in [0.2, 0.25) is 0 Å². The molecule has 0 radical (unpaired) electrons. The summed E-state index contributed by atoms with van der Waals surface area (Å²) in [5, 5.41) is 3.04. The Bertz CT molecular complexity index is 395.